The van der Waals surface area contributed by atoms with Crippen LogP contribution in [-0.4, -0.2) is 41.2 Å². The molecule has 0 aliphatic carbocycles. The van der Waals surface area contributed by atoms with E-state index >= 15 is 0 Å². The maximum Gasteiger partial charge on any atom is 0.337 e. The Balaban J connectivity index is 2.06. The quantitative estimate of drug-likeness (QED) is 0.245. The van der Waals surface area contributed by atoms with Crippen LogP contribution in [0.25, 0.3) is 0 Å². The fraction of sp³-hybridized carbons (Fsp3) is 0.211. The summed E-state index contributed by atoms with van der Waals surface area (Å²) in [6, 6.07) is 12.9. The summed E-state index contributed by atoms with van der Waals surface area (Å²) >= 11 is 23.2. The average molecular weight is 491 g/mol. The van der Waals surface area contributed by atoms with Gasteiger partial charge >= 0.3 is 5.97 Å². The molecule has 0 fully saturated rings. The third-order valence-corrected chi connectivity index (χ3v) is 4.65. The molecular formula is C19H18Cl3N3O4S. The smallest absolute Gasteiger partial charge is 0.337 e. The van der Waals surface area contributed by atoms with Crippen LogP contribution in [-0.2, 0) is 4.74 Å². The second-order valence-electron chi connectivity index (χ2n) is 5.85. The number of methoxy groups -OCH3 is 2. The van der Waals surface area contributed by atoms with Gasteiger partial charge < -0.3 is 25.4 Å². The minimum Gasteiger partial charge on any atom is -0.497 e. The van der Waals surface area contributed by atoms with Gasteiger partial charge in [0.15, 0.2) is 5.11 Å². The molecule has 1 amide bonds. The number of alkyl halides is 3. The Morgan fingerprint density at radius 1 is 1.00 bits per heavy atom. The van der Waals surface area contributed by atoms with Gasteiger partial charge in [0, 0.05) is 11.3 Å². The number of hydrogen-bond donors (Lipinski definition) is 3. The molecule has 30 heavy (non-hydrogen) atoms. The van der Waals surface area contributed by atoms with Gasteiger partial charge in [-0.3, -0.25) is 4.79 Å². The molecule has 1 atom stereocenters. The van der Waals surface area contributed by atoms with Crippen molar-refractivity contribution in [2.24, 2.45) is 0 Å². The predicted octanol–water partition coefficient (Wildman–Crippen LogP) is 3.89. The van der Waals surface area contributed by atoms with E-state index in [-0.39, 0.29) is 5.11 Å². The normalized spacial score (nSPS) is 11.8. The predicted molar refractivity (Wildman–Crippen MR) is 122 cm³/mol. The molecule has 0 bridgehead atoms. The minimum absolute atomic E-state index is 0.0862. The van der Waals surface area contributed by atoms with E-state index in [2.05, 4.69) is 20.7 Å². The lowest BCUT2D eigenvalue weighted by Gasteiger charge is -2.27. The summed E-state index contributed by atoms with van der Waals surface area (Å²) in [7, 11) is 2.79. The third-order valence-electron chi connectivity index (χ3n) is 3.77. The summed E-state index contributed by atoms with van der Waals surface area (Å²) in [5.74, 6) is -0.449. The third kappa shape index (κ3) is 6.91. The van der Waals surface area contributed by atoms with Gasteiger partial charge in [-0.15, -0.1) is 0 Å². The number of nitrogens with one attached hydrogen (secondary N) is 3. The molecule has 0 heterocycles. The van der Waals surface area contributed by atoms with Crippen molar-refractivity contribution in [3.8, 4) is 5.75 Å². The zero-order chi connectivity index (χ0) is 22.3. The molecule has 160 valence electrons. The molecule has 2 aromatic rings. The van der Waals surface area contributed by atoms with Crippen LogP contribution in [0, 0.1) is 0 Å². The summed E-state index contributed by atoms with van der Waals surface area (Å²) in [6.45, 7) is 0. The molecular weight excluding hydrogens is 473 g/mol. The zero-order valence-corrected chi connectivity index (χ0v) is 19.0. The number of carbonyl (C=O) groups excluding carboxylic acids is 2. The molecule has 0 saturated carbocycles. The van der Waals surface area contributed by atoms with Crippen LogP contribution in [0.2, 0.25) is 0 Å². The van der Waals surface area contributed by atoms with E-state index in [0.717, 1.165) is 0 Å². The highest BCUT2D eigenvalue weighted by Gasteiger charge is 2.35. The summed E-state index contributed by atoms with van der Waals surface area (Å²) in [6.07, 6.45) is -1.14. The highest BCUT2D eigenvalue weighted by molar-refractivity contribution is 7.80. The van der Waals surface area contributed by atoms with Gasteiger partial charge in [0.05, 0.1) is 19.8 Å². The van der Waals surface area contributed by atoms with E-state index in [0.29, 0.717) is 22.6 Å². The molecule has 11 heteroatoms. The van der Waals surface area contributed by atoms with Crippen LogP contribution >= 0.6 is 47.0 Å². The Labute approximate surface area is 194 Å². The van der Waals surface area contributed by atoms with Gasteiger partial charge in [-0.05, 0) is 54.7 Å². The Kier molecular flexibility index (Phi) is 8.54. The van der Waals surface area contributed by atoms with Crippen molar-refractivity contribution in [1.82, 2.24) is 10.6 Å². The van der Waals surface area contributed by atoms with Gasteiger partial charge in [0.1, 0.15) is 11.9 Å². The largest absolute Gasteiger partial charge is 0.497 e. The Morgan fingerprint density at radius 2 is 1.67 bits per heavy atom. The Hall–Kier alpha value is -2.26. The molecule has 3 N–H and O–H groups in total. The lowest BCUT2D eigenvalue weighted by molar-refractivity contribution is 0.0600. The van der Waals surface area contributed by atoms with Crippen LogP contribution < -0.4 is 20.7 Å². The van der Waals surface area contributed by atoms with Crippen molar-refractivity contribution in [3.05, 3.63) is 59.7 Å². The van der Waals surface area contributed by atoms with E-state index < -0.39 is 21.8 Å². The van der Waals surface area contributed by atoms with Crippen molar-refractivity contribution < 1.29 is 19.1 Å². The van der Waals surface area contributed by atoms with Crippen molar-refractivity contribution in [2.45, 2.75) is 9.96 Å². The van der Waals surface area contributed by atoms with Crippen molar-refractivity contribution in [2.75, 3.05) is 19.5 Å². The molecule has 2 aromatic carbocycles. The minimum atomic E-state index is -1.91. The number of halogens is 3. The summed E-state index contributed by atoms with van der Waals surface area (Å²) in [5, 5.41) is 8.30. The first-order valence-corrected chi connectivity index (χ1v) is 9.95. The first kappa shape index (κ1) is 24.0. The number of carbonyl (C=O) groups is 2. The van der Waals surface area contributed by atoms with Crippen LogP contribution in [0.4, 0.5) is 5.69 Å². The lowest BCUT2D eigenvalue weighted by Crippen LogP contribution is -2.56. The van der Waals surface area contributed by atoms with Crippen LogP contribution in [0.5, 0.6) is 5.75 Å². The number of benzene rings is 2. The van der Waals surface area contributed by atoms with Gasteiger partial charge in [0.2, 0.25) is 3.79 Å². The highest BCUT2D eigenvalue weighted by Crippen LogP contribution is 2.29. The van der Waals surface area contributed by atoms with Gasteiger partial charge in [-0.1, -0.05) is 40.9 Å². The van der Waals surface area contributed by atoms with Gasteiger partial charge in [0.25, 0.3) is 5.91 Å². The second-order valence-corrected chi connectivity index (χ2v) is 8.62. The molecule has 2 rings (SSSR count). The monoisotopic (exact) mass is 489 g/mol. The molecule has 1 unspecified atom stereocenters. The molecule has 0 spiro atoms. The number of anilines is 1. The van der Waals surface area contributed by atoms with E-state index in [1.165, 1.54) is 14.2 Å². The van der Waals surface area contributed by atoms with Crippen LogP contribution in [0.3, 0.4) is 0 Å². The Bertz CT molecular complexity index is 920. The fourth-order valence-electron chi connectivity index (χ4n) is 2.28. The topological polar surface area (TPSA) is 88.7 Å². The standard InChI is InChI=1S/C19H18Cl3N3O4S/c1-28-14-5-3-4-12(10-14)15(26)24-17(19(20,21)22)25-18(30)23-13-8-6-11(7-9-13)16(27)29-2/h3-10,17H,1-2H3,(H,24,26)(H2,23,25,30). The van der Waals surface area contributed by atoms with Crippen LogP contribution in [0.15, 0.2) is 48.5 Å². The molecule has 7 nitrogen and oxygen atoms in total. The fourth-order valence-corrected chi connectivity index (χ4v) is 2.85. The molecule has 0 aliphatic heterocycles. The molecule has 0 aromatic heterocycles. The highest BCUT2D eigenvalue weighted by atomic mass is 35.6. The number of hydrogen-bond acceptors (Lipinski definition) is 5. The van der Waals surface area contributed by atoms with Crippen molar-refractivity contribution in [3.63, 3.8) is 0 Å². The number of rotatable bonds is 6. The van der Waals surface area contributed by atoms with Gasteiger partial charge in [-0.25, -0.2) is 4.79 Å². The molecule has 0 saturated heterocycles. The van der Waals surface area contributed by atoms with Crippen LogP contribution in [0.1, 0.15) is 20.7 Å². The summed E-state index contributed by atoms with van der Waals surface area (Å²) in [4.78, 5) is 24.0. The number of esters is 1. The Morgan fingerprint density at radius 3 is 2.23 bits per heavy atom. The lowest BCUT2D eigenvalue weighted by atomic mass is 10.2. The van der Waals surface area contributed by atoms with Crippen molar-refractivity contribution >= 4 is 69.7 Å². The van der Waals surface area contributed by atoms with E-state index in [4.69, 9.17) is 51.8 Å². The first-order valence-electron chi connectivity index (χ1n) is 8.41. The van der Waals surface area contributed by atoms with Crippen molar-refractivity contribution in [1.29, 1.82) is 0 Å². The maximum atomic E-state index is 12.5. The second kappa shape index (κ2) is 10.7. The first-order chi connectivity index (χ1) is 14.1. The van der Waals surface area contributed by atoms with Gasteiger partial charge in [-0.2, -0.15) is 0 Å². The number of ether oxygens (including phenoxy) is 2. The zero-order valence-electron chi connectivity index (χ0n) is 15.9. The molecule has 0 radical (unpaired) electrons. The average Bonchev–Trinajstić information content (AvgIpc) is 2.72. The SMILES string of the molecule is COC(=O)c1ccc(NC(=S)NC(NC(=O)c2cccc(OC)c2)C(Cl)(Cl)Cl)cc1. The molecule has 0 aliphatic rings. The number of thiocarbonyl (C=S) groups is 1. The summed E-state index contributed by atoms with van der Waals surface area (Å²) < 4.78 is 7.84. The van der Waals surface area contributed by atoms with E-state index in [1.807, 2.05) is 0 Å². The maximum absolute atomic E-state index is 12.5. The summed E-state index contributed by atoms with van der Waals surface area (Å²) in [5.41, 5.74) is 1.27. The number of amides is 1. The van der Waals surface area contributed by atoms with E-state index in [1.54, 1.807) is 48.5 Å². The van der Waals surface area contributed by atoms with E-state index in [9.17, 15) is 9.59 Å².